The number of halogens is 3. The van der Waals surface area contributed by atoms with E-state index < -0.39 is 0 Å². The summed E-state index contributed by atoms with van der Waals surface area (Å²) < 4.78 is 4.96. The number of carbonyl (C=O) groups is 1. The van der Waals surface area contributed by atoms with Crippen molar-refractivity contribution in [2.24, 2.45) is 5.73 Å². The molecule has 0 radical (unpaired) electrons. The number of alkyl halides is 2. The number of rotatable bonds is 5. The van der Waals surface area contributed by atoms with Crippen molar-refractivity contribution in [1.29, 1.82) is 0 Å². The van der Waals surface area contributed by atoms with E-state index in [0.717, 1.165) is 22.8 Å². The van der Waals surface area contributed by atoms with Crippen molar-refractivity contribution >= 4 is 54.9 Å². The zero-order chi connectivity index (χ0) is 13.6. The minimum atomic E-state index is -0.381. The van der Waals surface area contributed by atoms with Crippen molar-refractivity contribution in [2.45, 2.75) is 6.61 Å². The number of benzene rings is 1. The molecular formula is C12H19Br3N2O2. The van der Waals surface area contributed by atoms with E-state index in [1.54, 1.807) is 0 Å². The van der Waals surface area contributed by atoms with Gasteiger partial charge in [-0.2, -0.15) is 0 Å². The van der Waals surface area contributed by atoms with Crippen LogP contribution in [-0.4, -0.2) is 29.8 Å². The monoisotopic (exact) mass is 460 g/mol. The van der Waals surface area contributed by atoms with Crippen molar-refractivity contribution in [1.82, 2.24) is 5.32 Å². The van der Waals surface area contributed by atoms with E-state index in [9.17, 15) is 4.79 Å². The average molecular weight is 463 g/mol. The molecule has 0 atom stereocenters. The zero-order valence-corrected chi connectivity index (χ0v) is 15.4. The maximum atomic E-state index is 11.0. The molecule has 3 N–H and O–H groups in total. The predicted molar refractivity (Wildman–Crippen MR) is 91.6 cm³/mol. The van der Waals surface area contributed by atoms with E-state index in [2.05, 4.69) is 37.2 Å². The first-order valence-electron chi connectivity index (χ1n) is 5.51. The first-order chi connectivity index (χ1) is 8.74. The van der Waals surface area contributed by atoms with Crippen molar-refractivity contribution in [3.8, 4) is 0 Å². The van der Waals surface area contributed by atoms with Crippen LogP contribution < -0.4 is 11.1 Å². The summed E-state index contributed by atoms with van der Waals surface area (Å²) in [5, 5.41) is 4.23. The molecule has 1 amide bonds. The van der Waals surface area contributed by atoms with E-state index in [0.29, 0.717) is 13.2 Å². The van der Waals surface area contributed by atoms with E-state index >= 15 is 0 Å². The Bertz CT molecular complexity index is 311. The van der Waals surface area contributed by atoms with E-state index in [4.69, 9.17) is 10.5 Å². The maximum Gasteiger partial charge on any atom is 0.407 e. The second kappa shape index (κ2) is 15.9. The van der Waals surface area contributed by atoms with E-state index in [-0.39, 0.29) is 23.1 Å². The molecule has 110 valence electrons. The van der Waals surface area contributed by atoms with Crippen molar-refractivity contribution < 1.29 is 9.53 Å². The number of ether oxygens (including phenoxy) is 1. The normalized spacial score (nSPS) is 8.58. The van der Waals surface area contributed by atoms with Crippen LogP contribution in [-0.2, 0) is 11.3 Å². The van der Waals surface area contributed by atoms with Crippen molar-refractivity contribution in [2.75, 3.05) is 23.7 Å². The number of alkyl carbamates (subject to hydrolysis) is 1. The third-order valence-electron chi connectivity index (χ3n) is 1.69. The fourth-order valence-electron chi connectivity index (χ4n) is 0.923. The second-order valence-electron chi connectivity index (χ2n) is 3.16. The third kappa shape index (κ3) is 14.1. The first-order valence-corrected chi connectivity index (χ1v) is 7.75. The lowest BCUT2D eigenvalue weighted by Gasteiger charge is -2.05. The highest BCUT2D eigenvalue weighted by atomic mass is 79.9. The number of nitrogens with one attached hydrogen (secondary N) is 1. The van der Waals surface area contributed by atoms with Crippen LogP contribution in [0, 0.1) is 0 Å². The smallest absolute Gasteiger partial charge is 0.407 e. The molecule has 0 heterocycles. The van der Waals surface area contributed by atoms with Gasteiger partial charge in [-0.05, 0) is 5.56 Å². The average Bonchev–Trinajstić information content (AvgIpc) is 2.44. The molecule has 0 aromatic heterocycles. The van der Waals surface area contributed by atoms with Crippen molar-refractivity contribution in [3.63, 3.8) is 0 Å². The summed E-state index contributed by atoms with van der Waals surface area (Å²) in [6.07, 6.45) is -0.381. The molecule has 0 aliphatic rings. The van der Waals surface area contributed by atoms with Gasteiger partial charge in [0.05, 0.1) is 0 Å². The van der Waals surface area contributed by atoms with Gasteiger partial charge in [0.25, 0.3) is 0 Å². The Balaban J connectivity index is 0. The predicted octanol–water partition coefficient (Wildman–Crippen LogP) is 3.23. The van der Waals surface area contributed by atoms with Gasteiger partial charge in [0.15, 0.2) is 0 Å². The van der Waals surface area contributed by atoms with Gasteiger partial charge in [0, 0.05) is 23.7 Å². The number of hydrogen-bond donors (Lipinski definition) is 2. The Labute approximate surface area is 141 Å². The van der Waals surface area contributed by atoms with Crippen LogP contribution in [0.25, 0.3) is 0 Å². The Morgan fingerprint density at radius 3 is 2.26 bits per heavy atom. The summed E-state index contributed by atoms with van der Waals surface area (Å²) in [7, 11) is 0. The Morgan fingerprint density at radius 2 is 1.79 bits per heavy atom. The molecule has 4 nitrogen and oxygen atoms in total. The fraction of sp³-hybridized carbons (Fsp3) is 0.417. The molecule has 0 aliphatic carbocycles. The van der Waals surface area contributed by atoms with Gasteiger partial charge >= 0.3 is 6.09 Å². The first kappa shape index (κ1) is 21.2. The number of amides is 1. The van der Waals surface area contributed by atoms with Gasteiger partial charge < -0.3 is 15.8 Å². The molecule has 7 heteroatoms. The highest BCUT2D eigenvalue weighted by molar-refractivity contribution is 9.09. The molecule has 19 heavy (non-hydrogen) atoms. The Hall–Kier alpha value is -0.110. The van der Waals surface area contributed by atoms with Crippen LogP contribution in [0.5, 0.6) is 0 Å². The molecule has 0 aliphatic heterocycles. The summed E-state index contributed by atoms with van der Waals surface area (Å²) >= 11 is 6.33. The number of nitrogens with two attached hydrogens (primary N) is 1. The van der Waals surface area contributed by atoms with Gasteiger partial charge in [0.1, 0.15) is 6.61 Å². The number of hydrogen-bond acceptors (Lipinski definition) is 3. The molecule has 1 rings (SSSR count). The largest absolute Gasteiger partial charge is 0.445 e. The van der Waals surface area contributed by atoms with Gasteiger partial charge in [-0.25, -0.2) is 4.79 Å². The van der Waals surface area contributed by atoms with Crippen LogP contribution in [0.2, 0.25) is 0 Å². The lowest BCUT2D eigenvalue weighted by atomic mass is 10.2. The Kier molecular flexibility index (Phi) is 17.8. The molecule has 1 aromatic carbocycles. The van der Waals surface area contributed by atoms with Gasteiger partial charge in [-0.3, -0.25) is 0 Å². The SMILES string of the molecule is Br.NCCBr.O=C(NCCBr)OCc1ccccc1. The lowest BCUT2D eigenvalue weighted by molar-refractivity contribution is 0.140. The minimum absolute atomic E-state index is 0. The maximum absolute atomic E-state index is 11.0. The van der Waals surface area contributed by atoms with E-state index in [1.165, 1.54) is 0 Å². The lowest BCUT2D eigenvalue weighted by Crippen LogP contribution is -2.25. The summed E-state index contributed by atoms with van der Waals surface area (Å²) in [5.41, 5.74) is 5.97. The van der Waals surface area contributed by atoms with Crippen LogP contribution >= 0.6 is 48.8 Å². The molecule has 0 bridgehead atoms. The molecular weight excluding hydrogens is 444 g/mol. The van der Waals surface area contributed by atoms with E-state index in [1.807, 2.05) is 30.3 Å². The fourth-order valence-corrected chi connectivity index (χ4v) is 1.12. The highest BCUT2D eigenvalue weighted by Crippen LogP contribution is 2.00. The van der Waals surface area contributed by atoms with Crippen LogP contribution in [0.1, 0.15) is 5.56 Å². The highest BCUT2D eigenvalue weighted by Gasteiger charge is 1.99. The van der Waals surface area contributed by atoms with Gasteiger partial charge in [-0.15, -0.1) is 17.0 Å². The third-order valence-corrected chi connectivity index (χ3v) is 2.54. The molecule has 0 spiro atoms. The molecule has 1 aromatic rings. The quantitative estimate of drug-likeness (QED) is 0.660. The summed E-state index contributed by atoms with van der Waals surface area (Å²) in [5.74, 6) is 0. The molecule has 0 saturated carbocycles. The summed E-state index contributed by atoms with van der Waals surface area (Å²) in [4.78, 5) is 11.0. The summed E-state index contributed by atoms with van der Waals surface area (Å²) in [6.45, 7) is 1.63. The van der Waals surface area contributed by atoms with Crippen LogP contribution in [0.4, 0.5) is 4.79 Å². The zero-order valence-electron chi connectivity index (χ0n) is 10.5. The standard InChI is InChI=1S/C10H12BrNO2.C2H6BrN.BrH/c11-6-7-12-10(13)14-8-9-4-2-1-3-5-9;3-1-2-4;/h1-5H,6-8H2,(H,12,13);1-2,4H2;1H. The Morgan fingerprint density at radius 1 is 1.21 bits per heavy atom. The van der Waals surface area contributed by atoms with Gasteiger partial charge in [-0.1, -0.05) is 62.2 Å². The van der Waals surface area contributed by atoms with Crippen LogP contribution in [0.15, 0.2) is 30.3 Å². The van der Waals surface area contributed by atoms with Crippen LogP contribution in [0.3, 0.4) is 0 Å². The van der Waals surface area contributed by atoms with Crippen molar-refractivity contribution in [3.05, 3.63) is 35.9 Å². The van der Waals surface area contributed by atoms with Gasteiger partial charge in [0.2, 0.25) is 0 Å². The molecule has 0 fully saturated rings. The molecule has 0 unspecified atom stereocenters. The minimum Gasteiger partial charge on any atom is -0.445 e. The number of carbonyl (C=O) groups excluding carboxylic acids is 1. The summed E-state index contributed by atoms with van der Waals surface area (Å²) in [6, 6.07) is 9.58. The molecule has 0 saturated heterocycles. The second-order valence-corrected chi connectivity index (χ2v) is 4.74. The topological polar surface area (TPSA) is 64.4 Å².